The molecule has 1 aromatic heterocycles. The number of aliphatic hydroxyl groups excluding tert-OH is 2. The zero-order valence-corrected chi connectivity index (χ0v) is 10.9. The van der Waals surface area contributed by atoms with Gasteiger partial charge in [0.1, 0.15) is 17.9 Å². The first-order valence-electron chi connectivity index (χ1n) is 6.00. The van der Waals surface area contributed by atoms with Crippen LogP contribution in [0.5, 0.6) is 0 Å². The summed E-state index contributed by atoms with van der Waals surface area (Å²) in [6.45, 7) is -0.537. The summed E-state index contributed by atoms with van der Waals surface area (Å²) in [4.78, 5) is 23.4. The van der Waals surface area contributed by atoms with Crippen molar-refractivity contribution >= 4 is 0 Å². The summed E-state index contributed by atoms with van der Waals surface area (Å²) in [6.07, 6.45) is -8.00. The topological polar surface area (TPSA) is 93.7 Å². The van der Waals surface area contributed by atoms with Crippen molar-refractivity contribution in [1.29, 1.82) is 0 Å². The van der Waals surface area contributed by atoms with Crippen LogP contribution in [-0.4, -0.2) is 38.2 Å². The van der Waals surface area contributed by atoms with Crippen LogP contribution >= 0.6 is 0 Å². The predicted molar refractivity (Wildman–Crippen MR) is 62.6 cm³/mol. The molecule has 0 amide bonds. The molecule has 1 aliphatic heterocycles. The van der Waals surface area contributed by atoms with Crippen LogP contribution in [0.4, 0.5) is 13.2 Å². The van der Waals surface area contributed by atoms with Crippen molar-refractivity contribution in [2.45, 2.75) is 31.0 Å². The predicted octanol–water partition coefficient (Wildman–Crippen LogP) is -0.793. The van der Waals surface area contributed by atoms with Crippen LogP contribution in [0, 0.1) is 0 Å². The second kappa shape index (κ2) is 5.28. The Hall–Kier alpha value is -1.65. The number of halogens is 3. The van der Waals surface area contributed by atoms with Crippen molar-refractivity contribution in [3.05, 3.63) is 32.6 Å². The number of rotatable bonds is 2. The highest BCUT2D eigenvalue weighted by Crippen LogP contribution is 2.30. The van der Waals surface area contributed by atoms with Crippen LogP contribution < -0.4 is 11.2 Å². The number of ether oxygens (including phenoxy) is 1. The van der Waals surface area contributed by atoms with E-state index in [9.17, 15) is 27.9 Å². The van der Waals surface area contributed by atoms with E-state index in [1.54, 1.807) is 0 Å². The van der Waals surface area contributed by atoms with Gasteiger partial charge in [-0.2, -0.15) is 13.2 Å². The second-order valence-corrected chi connectivity index (χ2v) is 4.71. The van der Waals surface area contributed by atoms with Crippen molar-refractivity contribution in [3.63, 3.8) is 0 Å². The molecule has 10 heteroatoms. The molecule has 0 aromatic carbocycles. The average Bonchev–Trinajstić information content (AvgIpc) is 2.75. The molecular formula is C11H13F3N2O5. The maximum Gasteiger partial charge on any atom is 0.423 e. The quantitative estimate of drug-likeness (QED) is 0.746. The third-order valence-electron chi connectivity index (χ3n) is 3.31. The number of nitrogens with zero attached hydrogens (tertiary/aromatic N) is 2. The molecule has 3 atom stereocenters. The summed E-state index contributed by atoms with van der Waals surface area (Å²) in [7, 11) is 0.922. The van der Waals surface area contributed by atoms with Gasteiger partial charge in [-0.3, -0.25) is 13.9 Å². The molecule has 2 N–H and O–H groups in total. The van der Waals surface area contributed by atoms with Crippen molar-refractivity contribution < 1.29 is 28.1 Å². The van der Waals surface area contributed by atoms with Gasteiger partial charge in [0.15, 0.2) is 0 Å². The summed E-state index contributed by atoms with van der Waals surface area (Å²) >= 11 is 0. The molecule has 0 spiro atoms. The Morgan fingerprint density at radius 2 is 2.05 bits per heavy atom. The van der Waals surface area contributed by atoms with Crippen molar-refractivity contribution in [2.24, 2.45) is 7.05 Å². The van der Waals surface area contributed by atoms with Crippen molar-refractivity contribution in [1.82, 2.24) is 9.13 Å². The molecule has 0 saturated carbocycles. The highest BCUT2D eigenvalue weighted by Gasteiger charge is 2.39. The van der Waals surface area contributed by atoms with Gasteiger partial charge in [-0.05, 0) is 0 Å². The lowest BCUT2D eigenvalue weighted by molar-refractivity contribution is -0.140. The number of aliphatic hydroxyl groups is 2. The number of alkyl halides is 3. The molecule has 2 heterocycles. The second-order valence-electron chi connectivity index (χ2n) is 4.71. The van der Waals surface area contributed by atoms with Gasteiger partial charge in [-0.25, -0.2) is 4.79 Å². The standard InChI is InChI=1S/C11H13F3N2O5/c1-15-9(19)5(11(12,13)14)3-16(10(15)20)8-2-6(18)7(4-17)21-8/h3,6-8,17-18H,2,4H2,1H3/t6-,7-,8-/m0/s1. The molecule has 21 heavy (non-hydrogen) atoms. The van der Waals surface area contributed by atoms with Gasteiger partial charge >= 0.3 is 11.9 Å². The van der Waals surface area contributed by atoms with E-state index in [0.717, 1.165) is 7.05 Å². The lowest BCUT2D eigenvalue weighted by Crippen LogP contribution is -2.42. The Kier molecular flexibility index (Phi) is 3.95. The molecule has 0 aliphatic carbocycles. The average molecular weight is 310 g/mol. The minimum atomic E-state index is -4.92. The summed E-state index contributed by atoms with van der Waals surface area (Å²) < 4.78 is 44.4. The van der Waals surface area contributed by atoms with Crippen LogP contribution in [0.1, 0.15) is 18.2 Å². The molecule has 0 bridgehead atoms. The van der Waals surface area contributed by atoms with Crippen molar-refractivity contribution in [2.75, 3.05) is 6.61 Å². The molecule has 1 aromatic rings. The third-order valence-corrected chi connectivity index (χ3v) is 3.31. The Morgan fingerprint density at radius 3 is 2.52 bits per heavy atom. The molecular weight excluding hydrogens is 297 g/mol. The normalized spacial score (nSPS) is 26.3. The van der Waals surface area contributed by atoms with Gasteiger partial charge < -0.3 is 14.9 Å². The molecule has 7 nitrogen and oxygen atoms in total. The minimum absolute atomic E-state index is 0.166. The first kappa shape index (κ1) is 15.7. The fraction of sp³-hybridized carbons (Fsp3) is 0.636. The van der Waals surface area contributed by atoms with E-state index < -0.39 is 48.0 Å². The van der Waals surface area contributed by atoms with Gasteiger partial charge in [0.2, 0.25) is 0 Å². The molecule has 1 aliphatic rings. The zero-order valence-electron chi connectivity index (χ0n) is 10.9. The van der Waals surface area contributed by atoms with E-state index in [-0.39, 0.29) is 6.42 Å². The summed E-state index contributed by atoms with van der Waals surface area (Å²) in [5.74, 6) is 0. The van der Waals surface area contributed by atoms with Gasteiger partial charge in [-0.15, -0.1) is 0 Å². The molecule has 0 radical (unpaired) electrons. The fourth-order valence-corrected chi connectivity index (χ4v) is 2.14. The summed E-state index contributed by atoms with van der Waals surface area (Å²) in [5.41, 5.74) is -3.96. The number of hydrogen-bond donors (Lipinski definition) is 2. The third kappa shape index (κ3) is 2.74. The number of aromatic nitrogens is 2. The first-order valence-corrected chi connectivity index (χ1v) is 6.00. The lowest BCUT2D eigenvalue weighted by Gasteiger charge is -2.17. The molecule has 1 fully saturated rings. The Morgan fingerprint density at radius 1 is 1.43 bits per heavy atom. The monoisotopic (exact) mass is 310 g/mol. The number of hydrogen-bond acceptors (Lipinski definition) is 5. The molecule has 1 saturated heterocycles. The van der Waals surface area contributed by atoms with Gasteiger partial charge in [0.25, 0.3) is 5.56 Å². The molecule has 0 unspecified atom stereocenters. The van der Waals surface area contributed by atoms with Crippen LogP contribution in [0.15, 0.2) is 15.8 Å². The van der Waals surface area contributed by atoms with E-state index >= 15 is 0 Å². The Labute approximate surface area is 115 Å². The first-order chi connectivity index (χ1) is 9.66. The lowest BCUT2D eigenvalue weighted by atomic mass is 10.2. The minimum Gasteiger partial charge on any atom is -0.394 e. The van der Waals surface area contributed by atoms with Gasteiger partial charge in [0, 0.05) is 19.7 Å². The fourth-order valence-electron chi connectivity index (χ4n) is 2.14. The Bertz CT molecular complexity index is 651. The van der Waals surface area contributed by atoms with Crippen LogP contribution in [0.2, 0.25) is 0 Å². The molecule has 2 rings (SSSR count). The van der Waals surface area contributed by atoms with Crippen LogP contribution in [-0.2, 0) is 18.0 Å². The summed E-state index contributed by atoms with van der Waals surface area (Å²) in [6, 6.07) is 0. The SMILES string of the molecule is Cn1c(=O)c(C(F)(F)F)cn([C@@H]2C[C@H](O)[C@H](CO)O2)c1=O. The highest BCUT2D eigenvalue weighted by molar-refractivity contribution is 5.10. The van der Waals surface area contributed by atoms with E-state index in [2.05, 4.69) is 0 Å². The van der Waals surface area contributed by atoms with Gasteiger partial charge in [0.05, 0.1) is 12.7 Å². The van der Waals surface area contributed by atoms with E-state index in [0.29, 0.717) is 15.3 Å². The maximum atomic E-state index is 12.8. The zero-order chi connectivity index (χ0) is 15.9. The maximum absolute atomic E-state index is 12.8. The highest BCUT2D eigenvalue weighted by atomic mass is 19.4. The van der Waals surface area contributed by atoms with E-state index in [1.807, 2.05) is 0 Å². The largest absolute Gasteiger partial charge is 0.423 e. The Balaban J connectivity index is 2.53. The van der Waals surface area contributed by atoms with Gasteiger partial charge in [-0.1, -0.05) is 0 Å². The smallest absolute Gasteiger partial charge is 0.394 e. The van der Waals surface area contributed by atoms with Crippen LogP contribution in [0.25, 0.3) is 0 Å². The van der Waals surface area contributed by atoms with Crippen LogP contribution in [0.3, 0.4) is 0 Å². The van der Waals surface area contributed by atoms with E-state index in [4.69, 9.17) is 9.84 Å². The molecule has 118 valence electrons. The summed E-state index contributed by atoms with van der Waals surface area (Å²) in [5, 5.41) is 18.5. The van der Waals surface area contributed by atoms with E-state index in [1.165, 1.54) is 0 Å². The van der Waals surface area contributed by atoms with Crippen molar-refractivity contribution in [3.8, 4) is 0 Å².